The number of thiocarbonyl (C=S) groups is 1. The van der Waals surface area contributed by atoms with E-state index < -0.39 is 0 Å². The van der Waals surface area contributed by atoms with Gasteiger partial charge in [-0.15, -0.1) is 0 Å². The second kappa shape index (κ2) is 10.9. The van der Waals surface area contributed by atoms with Crippen molar-refractivity contribution in [2.45, 2.75) is 26.5 Å². The van der Waals surface area contributed by atoms with Gasteiger partial charge in [0, 0.05) is 34.0 Å². The van der Waals surface area contributed by atoms with E-state index in [1.807, 2.05) is 110 Å². The summed E-state index contributed by atoms with van der Waals surface area (Å²) in [4.78, 5) is 15.3. The van der Waals surface area contributed by atoms with Crippen molar-refractivity contribution >= 4 is 51.9 Å². The van der Waals surface area contributed by atoms with Gasteiger partial charge < -0.3 is 4.74 Å². The van der Waals surface area contributed by atoms with Crippen molar-refractivity contribution in [3.05, 3.63) is 106 Å². The number of benzene rings is 3. The molecule has 1 amide bonds. The highest BCUT2D eigenvalue weighted by Gasteiger charge is 2.34. The molecule has 1 fully saturated rings. The molecule has 0 unspecified atom stereocenters. The molecule has 1 saturated heterocycles. The van der Waals surface area contributed by atoms with Crippen molar-refractivity contribution in [1.29, 1.82) is 0 Å². The number of ether oxygens (including phenoxy) is 1. The topological polar surface area (TPSA) is 47.4 Å². The summed E-state index contributed by atoms with van der Waals surface area (Å²) < 4.78 is 8.34. The second-order valence-electron chi connectivity index (χ2n) is 8.76. The summed E-state index contributed by atoms with van der Waals surface area (Å²) >= 11 is 13.0. The first-order chi connectivity index (χ1) is 17.9. The van der Waals surface area contributed by atoms with Crippen LogP contribution in [0.1, 0.15) is 25.0 Å². The summed E-state index contributed by atoms with van der Waals surface area (Å²) in [5, 5.41) is 5.55. The number of nitrogens with zero attached hydrogens (tertiary/aromatic N) is 3. The van der Waals surface area contributed by atoms with E-state index in [1.165, 1.54) is 11.8 Å². The van der Waals surface area contributed by atoms with Crippen molar-refractivity contribution < 1.29 is 9.53 Å². The van der Waals surface area contributed by atoms with E-state index in [0.29, 0.717) is 20.9 Å². The van der Waals surface area contributed by atoms with Gasteiger partial charge in [0.15, 0.2) is 0 Å². The number of hydrogen-bond acceptors (Lipinski definition) is 5. The summed E-state index contributed by atoms with van der Waals surface area (Å²) in [6.07, 6.45) is 3.82. The number of rotatable bonds is 7. The molecule has 1 aliphatic rings. The molecule has 37 heavy (non-hydrogen) atoms. The fourth-order valence-corrected chi connectivity index (χ4v) is 5.69. The number of thioether (sulfide) groups is 1. The largest absolute Gasteiger partial charge is 0.489 e. The molecule has 0 aliphatic carbocycles. The maximum atomic E-state index is 13.0. The monoisotopic (exact) mass is 545 g/mol. The van der Waals surface area contributed by atoms with Crippen LogP contribution < -0.4 is 4.74 Å². The molecular weight excluding hydrogens is 522 g/mol. The molecule has 1 aliphatic heterocycles. The molecule has 5 nitrogen and oxygen atoms in total. The van der Waals surface area contributed by atoms with E-state index in [2.05, 4.69) is 0 Å². The van der Waals surface area contributed by atoms with Gasteiger partial charge >= 0.3 is 0 Å². The number of para-hydroxylation sites is 1. The van der Waals surface area contributed by atoms with Crippen molar-refractivity contribution in [2.24, 2.45) is 0 Å². The Bertz CT molecular complexity index is 1480. The van der Waals surface area contributed by atoms with Gasteiger partial charge in [-0.25, -0.2) is 4.68 Å². The molecule has 3 aromatic carbocycles. The Labute approximate surface area is 230 Å². The lowest BCUT2D eigenvalue weighted by atomic mass is 10.1. The highest BCUT2D eigenvalue weighted by atomic mass is 35.5. The lowest BCUT2D eigenvalue weighted by molar-refractivity contribution is -0.123. The highest BCUT2D eigenvalue weighted by molar-refractivity contribution is 8.26. The molecule has 0 radical (unpaired) electrons. The van der Waals surface area contributed by atoms with Gasteiger partial charge in [-0.3, -0.25) is 9.69 Å². The minimum atomic E-state index is -0.0771. The lowest BCUT2D eigenvalue weighted by Crippen LogP contribution is -2.34. The number of carbonyl (C=O) groups excluding carboxylic acids is 1. The van der Waals surface area contributed by atoms with Crippen LogP contribution in [0.2, 0.25) is 5.02 Å². The zero-order chi connectivity index (χ0) is 25.9. The van der Waals surface area contributed by atoms with Gasteiger partial charge in [-0.1, -0.05) is 72.0 Å². The summed E-state index contributed by atoms with van der Waals surface area (Å²) in [7, 11) is 0. The predicted octanol–water partition coefficient (Wildman–Crippen LogP) is 7.38. The van der Waals surface area contributed by atoms with Crippen LogP contribution in [-0.4, -0.2) is 30.9 Å². The Hall–Kier alpha value is -3.39. The van der Waals surface area contributed by atoms with Crippen molar-refractivity contribution in [1.82, 2.24) is 14.7 Å². The van der Waals surface area contributed by atoms with Crippen LogP contribution in [-0.2, 0) is 11.4 Å². The number of halogens is 1. The minimum Gasteiger partial charge on any atom is -0.489 e. The lowest BCUT2D eigenvalue weighted by Gasteiger charge is -2.18. The van der Waals surface area contributed by atoms with Crippen LogP contribution in [0, 0.1) is 0 Å². The van der Waals surface area contributed by atoms with Gasteiger partial charge in [0.05, 0.1) is 16.3 Å². The van der Waals surface area contributed by atoms with Gasteiger partial charge in [-0.05, 0) is 62.4 Å². The molecule has 186 valence electrons. The standard InChI is InChI=1S/C29H24ClN3O2S2/c1-19(2)33-28(34)26(37-29(33)36)16-22-17-32(23-9-4-3-5-10-23)31-27(22)20-12-14-24(15-13-20)35-18-21-8-6-7-11-25(21)30/h3-17,19H,18H2,1-2H3/b26-16-. The van der Waals surface area contributed by atoms with Crippen LogP contribution in [0.4, 0.5) is 0 Å². The smallest absolute Gasteiger partial charge is 0.266 e. The summed E-state index contributed by atoms with van der Waals surface area (Å²) in [5.74, 6) is 0.650. The maximum Gasteiger partial charge on any atom is 0.266 e. The zero-order valence-corrected chi connectivity index (χ0v) is 22.7. The van der Waals surface area contributed by atoms with Crippen LogP contribution >= 0.6 is 35.6 Å². The first kappa shape index (κ1) is 25.3. The average molecular weight is 546 g/mol. The Morgan fingerprint density at radius 3 is 2.41 bits per heavy atom. The van der Waals surface area contributed by atoms with E-state index in [9.17, 15) is 4.79 Å². The highest BCUT2D eigenvalue weighted by Crippen LogP contribution is 2.36. The Balaban J connectivity index is 1.46. The fourth-order valence-electron chi connectivity index (χ4n) is 3.98. The molecule has 0 N–H and O–H groups in total. The molecule has 4 aromatic rings. The van der Waals surface area contributed by atoms with Crippen LogP contribution in [0.5, 0.6) is 5.75 Å². The number of carbonyl (C=O) groups is 1. The van der Waals surface area contributed by atoms with Crippen molar-refractivity contribution in [2.75, 3.05) is 0 Å². The van der Waals surface area contributed by atoms with Gasteiger partial charge in [0.25, 0.3) is 5.91 Å². The molecule has 2 heterocycles. The third-order valence-corrected chi connectivity index (χ3v) is 7.57. The van der Waals surface area contributed by atoms with Crippen molar-refractivity contribution in [3.63, 3.8) is 0 Å². The SMILES string of the molecule is CC(C)N1C(=O)/C(=C/c2cn(-c3ccccc3)nc2-c2ccc(OCc3ccccc3Cl)cc2)SC1=S. The molecule has 0 saturated carbocycles. The van der Waals surface area contributed by atoms with Crippen LogP contribution in [0.3, 0.4) is 0 Å². The van der Waals surface area contributed by atoms with E-state index in [4.69, 9.17) is 33.7 Å². The normalized spacial score (nSPS) is 14.7. The van der Waals surface area contributed by atoms with Gasteiger partial charge in [0.1, 0.15) is 16.7 Å². The van der Waals surface area contributed by atoms with E-state index in [0.717, 1.165) is 33.8 Å². The van der Waals surface area contributed by atoms with Crippen LogP contribution in [0.25, 0.3) is 23.0 Å². The quantitative estimate of drug-likeness (QED) is 0.179. The van der Waals surface area contributed by atoms with E-state index in [-0.39, 0.29) is 11.9 Å². The predicted molar refractivity (Wildman–Crippen MR) is 155 cm³/mol. The van der Waals surface area contributed by atoms with Gasteiger partial charge in [0.2, 0.25) is 0 Å². The second-order valence-corrected chi connectivity index (χ2v) is 10.8. The molecule has 5 rings (SSSR count). The summed E-state index contributed by atoms with van der Waals surface area (Å²) in [6.45, 7) is 4.30. The fraction of sp³-hybridized carbons (Fsp3) is 0.138. The molecule has 8 heteroatoms. The Morgan fingerprint density at radius 2 is 1.73 bits per heavy atom. The van der Waals surface area contributed by atoms with E-state index in [1.54, 1.807) is 4.90 Å². The molecular formula is C29H24ClN3O2S2. The van der Waals surface area contributed by atoms with Crippen molar-refractivity contribution in [3.8, 4) is 22.7 Å². The summed E-state index contributed by atoms with van der Waals surface area (Å²) in [6, 6.07) is 25.3. The van der Waals surface area contributed by atoms with E-state index >= 15 is 0 Å². The first-order valence-electron chi connectivity index (χ1n) is 11.8. The number of aromatic nitrogens is 2. The Kier molecular flexibility index (Phi) is 7.46. The third kappa shape index (κ3) is 5.49. The molecule has 1 aromatic heterocycles. The Morgan fingerprint density at radius 1 is 1.03 bits per heavy atom. The first-order valence-corrected chi connectivity index (χ1v) is 13.4. The van der Waals surface area contributed by atoms with Gasteiger partial charge in [-0.2, -0.15) is 5.10 Å². The number of amides is 1. The summed E-state index contributed by atoms with van der Waals surface area (Å²) in [5.41, 5.74) is 4.35. The zero-order valence-electron chi connectivity index (χ0n) is 20.3. The minimum absolute atomic E-state index is 0.00299. The molecule has 0 atom stereocenters. The number of hydrogen-bond donors (Lipinski definition) is 0. The maximum absolute atomic E-state index is 13.0. The van der Waals surface area contributed by atoms with Crippen LogP contribution in [0.15, 0.2) is 90.0 Å². The average Bonchev–Trinajstić information content (AvgIpc) is 3.44. The molecule has 0 spiro atoms. The molecule has 0 bridgehead atoms. The third-order valence-electron chi connectivity index (χ3n) is 5.87.